The summed E-state index contributed by atoms with van der Waals surface area (Å²) in [5.74, 6) is 2.11. The van der Waals surface area contributed by atoms with Crippen LogP contribution in [0.4, 0.5) is 0 Å². The van der Waals surface area contributed by atoms with E-state index in [0.29, 0.717) is 12.3 Å². The summed E-state index contributed by atoms with van der Waals surface area (Å²) in [6, 6.07) is 33.4. The molecule has 7 rings (SSSR count). The summed E-state index contributed by atoms with van der Waals surface area (Å²) in [4.78, 5) is 9.64. The van der Waals surface area contributed by atoms with Crippen LogP contribution in [0.2, 0.25) is 0 Å². The first-order valence-electron chi connectivity index (χ1n) is 11.4. The minimum absolute atomic E-state index is 0.0731. The van der Waals surface area contributed by atoms with Crippen molar-refractivity contribution in [3.63, 3.8) is 0 Å². The maximum Gasteiger partial charge on any atom is 0.228 e. The molecule has 0 aliphatic carbocycles. The fourth-order valence-electron chi connectivity index (χ4n) is 4.98. The van der Waals surface area contributed by atoms with Gasteiger partial charge in [0.05, 0.1) is 5.56 Å². The molecule has 1 aliphatic heterocycles. The molecule has 34 heavy (non-hydrogen) atoms. The highest BCUT2D eigenvalue weighted by atomic mass is 16.5. The molecule has 0 spiro atoms. The maximum absolute atomic E-state index is 6.38. The SMILES string of the molecule is c1ccc(Cc2nc3c4c(ncn3n2)Oc2ccc3ccccc3c2C4c2ccccc2)cc1. The Bertz CT molecular complexity index is 1660. The summed E-state index contributed by atoms with van der Waals surface area (Å²) >= 11 is 0. The van der Waals surface area contributed by atoms with E-state index in [0.717, 1.165) is 28.3 Å². The van der Waals surface area contributed by atoms with E-state index in [1.54, 1.807) is 10.8 Å². The molecule has 6 aromatic rings. The van der Waals surface area contributed by atoms with Gasteiger partial charge in [0.2, 0.25) is 5.88 Å². The van der Waals surface area contributed by atoms with Crippen LogP contribution in [0.15, 0.2) is 103 Å². The molecule has 0 saturated carbocycles. The minimum Gasteiger partial charge on any atom is -0.438 e. The second-order valence-electron chi connectivity index (χ2n) is 8.57. The molecule has 1 aliphatic rings. The van der Waals surface area contributed by atoms with Crippen molar-refractivity contribution in [3.8, 4) is 11.6 Å². The van der Waals surface area contributed by atoms with Gasteiger partial charge in [0.25, 0.3) is 0 Å². The molecular weight excluding hydrogens is 420 g/mol. The van der Waals surface area contributed by atoms with Crippen LogP contribution in [0.1, 0.15) is 34.0 Å². The van der Waals surface area contributed by atoms with Crippen LogP contribution in [0.5, 0.6) is 11.6 Å². The van der Waals surface area contributed by atoms with E-state index in [-0.39, 0.29) is 5.92 Å². The van der Waals surface area contributed by atoms with Gasteiger partial charge in [-0.25, -0.2) is 14.5 Å². The summed E-state index contributed by atoms with van der Waals surface area (Å²) in [5.41, 5.74) is 5.21. The molecule has 0 fully saturated rings. The van der Waals surface area contributed by atoms with E-state index in [1.165, 1.54) is 21.9 Å². The average molecular weight is 441 g/mol. The third-order valence-corrected chi connectivity index (χ3v) is 6.48. The summed E-state index contributed by atoms with van der Waals surface area (Å²) < 4.78 is 8.16. The highest BCUT2D eigenvalue weighted by molar-refractivity contribution is 5.90. The normalized spacial score (nSPS) is 14.5. The van der Waals surface area contributed by atoms with E-state index in [4.69, 9.17) is 14.8 Å². The number of benzene rings is 4. The zero-order chi connectivity index (χ0) is 22.5. The smallest absolute Gasteiger partial charge is 0.228 e. The maximum atomic E-state index is 6.38. The van der Waals surface area contributed by atoms with Gasteiger partial charge in [0.15, 0.2) is 11.5 Å². The highest BCUT2D eigenvalue weighted by Crippen LogP contribution is 2.50. The lowest BCUT2D eigenvalue weighted by Crippen LogP contribution is -2.15. The standard InChI is InChI=1S/C29H20N4O/c1-3-9-19(10-4-1)17-24-31-28-27-25(21-12-5-2-6-13-21)26-22-14-8-7-11-20(22)15-16-23(26)34-29(27)30-18-33(28)32-24/h1-16,18,25H,17H2. The monoisotopic (exact) mass is 440 g/mol. The van der Waals surface area contributed by atoms with Crippen LogP contribution in [0.25, 0.3) is 16.4 Å². The van der Waals surface area contributed by atoms with E-state index < -0.39 is 0 Å². The van der Waals surface area contributed by atoms with Crippen molar-refractivity contribution in [1.82, 2.24) is 19.6 Å². The van der Waals surface area contributed by atoms with E-state index in [1.807, 2.05) is 30.3 Å². The molecule has 0 amide bonds. The van der Waals surface area contributed by atoms with Gasteiger partial charge in [-0.05, 0) is 28.0 Å². The number of hydrogen-bond donors (Lipinski definition) is 0. The largest absolute Gasteiger partial charge is 0.438 e. The number of aromatic nitrogens is 4. The molecular formula is C29H20N4O. The fourth-order valence-corrected chi connectivity index (χ4v) is 4.98. The molecule has 5 heteroatoms. The van der Waals surface area contributed by atoms with E-state index in [9.17, 15) is 0 Å². The third kappa shape index (κ3) is 2.98. The Morgan fingerprint density at radius 1 is 0.765 bits per heavy atom. The van der Waals surface area contributed by atoms with Crippen molar-refractivity contribution in [3.05, 3.63) is 131 Å². The topological polar surface area (TPSA) is 52.3 Å². The molecule has 5 nitrogen and oxygen atoms in total. The Balaban J connectivity index is 1.48. The van der Waals surface area contributed by atoms with E-state index >= 15 is 0 Å². The lowest BCUT2D eigenvalue weighted by Gasteiger charge is -2.29. The van der Waals surface area contributed by atoms with Crippen LogP contribution < -0.4 is 4.74 Å². The van der Waals surface area contributed by atoms with Gasteiger partial charge in [-0.2, -0.15) is 0 Å². The molecule has 2 aromatic heterocycles. The van der Waals surface area contributed by atoms with E-state index in [2.05, 4.69) is 71.7 Å². The predicted molar refractivity (Wildman–Crippen MR) is 131 cm³/mol. The van der Waals surface area contributed by atoms with Gasteiger partial charge in [0, 0.05) is 17.9 Å². The molecule has 1 unspecified atom stereocenters. The molecule has 3 heterocycles. The van der Waals surface area contributed by atoms with Crippen molar-refractivity contribution in [2.45, 2.75) is 12.3 Å². The third-order valence-electron chi connectivity index (χ3n) is 6.48. The Morgan fingerprint density at radius 2 is 1.53 bits per heavy atom. The van der Waals surface area contributed by atoms with Crippen molar-refractivity contribution in [2.24, 2.45) is 0 Å². The summed E-state index contributed by atoms with van der Waals surface area (Å²) in [6.45, 7) is 0. The Labute approximate surface area is 196 Å². The predicted octanol–water partition coefficient (Wildman–Crippen LogP) is 6.15. The minimum atomic E-state index is -0.0731. The zero-order valence-electron chi connectivity index (χ0n) is 18.3. The zero-order valence-corrected chi connectivity index (χ0v) is 18.3. The van der Waals surface area contributed by atoms with Gasteiger partial charge in [-0.15, -0.1) is 5.10 Å². The fraction of sp³-hybridized carbons (Fsp3) is 0.0690. The van der Waals surface area contributed by atoms with Crippen LogP contribution in [-0.2, 0) is 6.42 Å². The highest BCUT2D eigenvalue weighted by Gasteiger charge is 2.34. The first-order valence-corrected chi connectivity index (χ1v) is 11.4. The van der Waals surface area contributed by atoms with Crippen LogP contribution in [0.3, 0.4) is 0 Å². The molecule has 0 N–H and O–H groups in total. The van der Waals surface area contributed by atoms with Crippen LogP contribution in [0, 0.1) is 0 Å². The quantitative estimate of drug-likeness (QED) is 0.330. The number of nitrogens with zero attached hydrogens (tertiary/aromatic N) is 4. The van der Waals surface area contributed by atoms with Gasteiger partial charge < -0.3 is 4.74 Å². The number of hydrogen-bond acceptors (Lipinski definition) is 4. The second kappa shape index (κ2) is 7.52. The second-order valence-corrected chi connectivity index (χ2v) is 8.57. The van der Waals surface area contributed by atoms with Crippen molar-refractivity contribution < 1.29 is 4.74 Å². The molecule has 0 saturated heterocycles. The van der Waals surface area contributed by atoms with Crippen molar-refractivity contribution in [2.75, 3.05) is 0 Å². The van der Waals surface area contributed by atoms with Gasteiger partial charge >= 0.3 is 0 Å². The van der Waals surface area contributed by atoms with Gasteiger partial charge in [-0.3, -0.25) is 0 Å². The molecule has 0 bridgehead atoms. The first-order chi connectivity index (χ1) is 16.8. The lowest BCUT2D eigenvalue weighted by molar-refractivity contribution is 0.433. The van der Waals surface area contributed by atoms with Crippen LogP contribution >= 0.6 is 0 Å². The summed E-state index contributed by atoms with van der Waals surface area (Å²) in [6.07, 6.45) is 2.36. The Morgan fingerprint density at radius 3 is 2.38 bits per heavy atom. The number of rotatable bonds is 3. The lowest BCUT2D eigenvalue weighted by atomic mass is 9.81. The van der Waals surface area contributed by atoms with Crippen molar-refractivity contribution >= 4 is 16.4 Å². The van der Waals surface area contributed by atoms with Crippen LogP contribution in [-0.4, -0.2) is 19.6 Å². The Kier molecular flexibility index (Phi) is 4.21. The van der Waals surface area contributed by atoms with Gasteiger partial charge in [-0.1, -0.05) is 91.0 Å². The first kappa shape index (κ1) is 19.0. The average Bonchev–Trinajstić information content (AvgIpc) is 3.31. The molecule has 4 aromatic carbocycles. The Hall–Kier alpha value is -4.51. The summed E-state index contributed by atoms with van der Waals surface area (Å²) in [7, 11) is 0. The molecule has 162 valence electrons. The molecule has 1 atom stereocenters. The van der Waals surface area contributed by atoms with Gasteiger partial charge in [0.1, 0.15) is 12.1 Å². The molecule has 0 radical (unpaired) electrons. The summed E-state index contributed by atoms with van der Waals surface area (Å²) in [5, 5.41) is 7.10. The van der Waals surface area contributed by atoms with Crippen molar-refractivity contribution in [1.29, 1.82) is 0 Å². The number of fused-ring (bicyclic) bond motifs is 6. The number of ether oxygens (including phenoxy) is 1.